The van der Waals surface area contributed by atoms with Crippen molar-refractivity contribution in [3.63, 3.8) is 0 Å². The van der Waals surface area contributed by atoms with Crippen molar-refractivity contribution >= 4 is 21.4 Å². The molecule has 0 atom stereocenters. The average molecular weight is 316 g/mol. The quantitative estimate of drug-likeness (QED) is 0.807. The fourth-order valence-corrected chi connectivity index (χ4v) is 3.54. The summed E-state index contributed by atoms with van der Waals surface area (Å²) in [7, 11) is -3.76. The van der Waals surface area contributed by atoms with Crippen LogP contribution >= 0.6 is 11.3 Å². The lowest BCUT2D eigenvalue weighted by molar-refractivity contribution is 0.598. The van der Waals surface area contributed by atoms with E-state index in [1.54, 1.807) is 24.4 Å². The fourth-order valence-electron chi connectivity index (χ4n) is 2.14. The first-order valence-corrected chi connectivity index (χ1v) is 8.60. The van der Waals surface area contributed by atoms with Crippen LogP contribution in [0.3, 0.4) is 0 Å². The lowest BCUT2D eigenvalue weighted by Gasteiger charge is -2.08. The molecule has 2 aromatic carbocycles. The number of nitrogens with zero attached hydrogens (tertiary/aromatic N) is 1. The maximum absolute atomic E-state index is 11.7. The summed E-state index contributed by atoms with van der Waals surface area (Å²) in [4.78, 5) is 4.39. The zero-order valence-electron chi connectivity index (χ0n) is 10.9. The lowest BCUT2D eigenvalue weighted by Crippen LogP contribution is -2.13. The van der Waals surface area contributed by atoms with Crippen molar-refractivity contribution in [2.45, 2.75) is 4.90 Å². The van der Waals surface area contributed by atoms with Crippen molar-refractivity contribution in [2.75, 3.05) is 0 Å². The standard InChI is InChI=1S/C15H12N2O2S2/c16-21(18,19)14-7-2-1-6-13(14)11-4-3-5-12(10-11)15-17-8-9-20-15/h1-10H,(H2,16,18,19). The third-order valence-electron chi connectivity index (χ3n) is 3.05. The lowest BCUT2D eigenvalue weighted by atomic mass is 10.0. The van der Waals surface area contributed by atoms with E-state index in [9.17, 15) is 8.42 Å². The predicted octanol–water partition coefficient (Wildman–Crippen LogP) is 3.12. The molecule has 0 aliphatic heterocycles. The van der Waals surface area contributed by atoms with Crippen molar-refractivity contribution in [2.24, 2.45) is 5.14 Å². The van der Waals surface area contributed by atoms with Crippen LogP contribution in [0.1, 0.15) is 0 Å². The Morgan fingerprint density at radius 1 is 1.00 bits per heavy atom. The number of hydrogen-bond donors (Lipinski definition) is 1. The largest absolute Gasteiger partial charge is 0.245 e. The van der Waals surface area contributed by atoms with Gasteiger partial charge in [-0.3, -0.25) is 0 Å². The number of benzene rings is 2. The number of sulfonamides is 1. The van der Waals surface area contributed by atoms with Crippen LogP contribution in [0.5, 0.6) is 0 Å². The summed E-state index contributed by atoms with van der Waals surface area (Å²) in [5.74, 6) is 0. The second-order valence-electron chi connectivity index (χ2n) is 4.46. The van der Waals surface area contributed by atoms with Gasteiger partial charge in [-0.05, 0) is 17.7 Å². The first-order chi connectivity index (χ1) is 10.1. The summed E-state index contributed by atoms with van der Waals surface area (Å²) in [6.45, 7) is 0. The van der Waals surface area contributed by atoms with Gasteiger partial charge in [-0.15, -0.1) is 11.3 Å². The molecule has 0 fully saturated rings. The van der Waals surface area contributed by atoms with Gasteiger partial charge in [0, 0.05) is 22.7 Å². The molecule has 0 aliphatic rings. The summed E-state index contributed by atoms with van der Waals surface area (Å²) in [5, 5.41) is 8.09. The Morgan fingerprint density at radius 3 is 2.48 bits per heavy atom. The van der Waals surface area contributed by atoms with Gasteiger partial charge in [-0.2, -0.15) is 0 Å². The Kier molecular flexibility index (Phi) is 3.59. The Labute approximate surface area is 127 Å². The fraction of sp³-hybridized carbons (Fsp3) is 0. The first-order valence-electron chi connectivity index (χ1n) is 6.18. The molecule has 0 amide bonds. The Balaban J connectivity index is 2.17. The average Bonchev–Trinajstić information content (AvgIpc) is 3.01. The summed E-state index contributed by atoms with van der Waals surface area (Å²) in [5.41, 5.74) is 2.34. The zero-order chi connectivity index (χ0) is 14.9. The van der Waals surface area contributed by atoms with Gasteiger partial charge < -0.3 is 0 Å². The third-order valence-corrected chi connectivity index (χ3v) is 4.84. The van der Waals surface area contributed by atoms with E-state index in [1.807, 2.05) is 29.6 Å². The van der Waals surface area contributed by atoms with Crippen molar-refractivity contribution < 1.29 is 8.42 Å². The van der Waals surface area contributed by atoms with Gasteiger partial charge in [0.1, 0.15) is 5.01 Å². The third kappa shape index (κ3) is 2.87. The summed E-state index contributed by atoms with van der Waals surface area (Å²) >= 11 is 1.54. The van der Waals surface area contributed by atoms with E-state index in [0.717, 1.165) is 16.1 Å². The Morgan fingerprint density at radius 2 is 1.76 bits per heavy atom. The molecule has 0 aliphatic carbocycles. The van der Waals surface area contributed by atoms with Gasteiger partial charge in [0.2, 0.25) is 10.0 Å². The normalized spacial score (nSPS) is 11.5. The predicted molar refractivity (Wildman–Crippen MR) is 84.4 cm³/mol. The Hall–Kier alpha value is -2.02. The molecule has 21 heavy (non-hydrogen) atoms. The molecular weight excluding hydrogens is 304 g/mol. The van der Waals surface area contributed by atoms with Crippen LogP contribution in [0.4, 0.5) is 0 Å². The molecule has 0 saturated carbocycles. The second-order valence-corrected chi connectivity index (χ2v) is 6.88. The van der Waals surface area contributed by atoms with Crippen LogP contribution in [0.15, 0.2) is 65.0 Å². The van der Waals surface area contributed by atoms with E-state index in [1.165, 1.54) is 17.4 Å². The molecule has 1 aromatic heterocycles. The second kappa shape index (κ2) is 5.40. The molecule has 3 aromatic rings. The van der Waals surface area contributed by atoms with Gasteiger partial charge in [-0.1, -0.05) is 36.4 Å². The van der Waals surface area contributed by atoms with Gasteiger partial charge >= 0.3 is 0 Å². The number of hydrogen-bond acceptors (Lipinski definition) is 4. The highest BCUT2D eigenvalue weighted by Gasteiger charge is 2.15. The molecule has 0 radical (unpaired) electrons. The van der Waals surface area contributed by atoms with Crippen LogP contribution in [-0.2, 0) is 10.0 Å². The molecule has 0 spiro atoms. The van der Waals surface area contributed by atoms with E-state index < -0.39 is 10.0 Å². The van der Waals surface area contributed by atoms with E-state index in [0.29, 0.717) is 5.56 Å². The molecule has 4 nitrogen and oxygen atoms in total. The molecule has 0 bridgehead atoms. The topological polar surface area (TPSA) is 73.1 Å². The van der Waals surface area contributed by atoms with Crippen LogP contribution < -0.4 is 5.14 Å². The molecule has 6 heteroatoms. The molecule has 0 saturated heterocycles. The van der Waals surface area contributed by atoms with Crippen molar-refractivity contribution in [3.05, 3.63) is 60.1 Å². The van der Waals surface area contributed by atoms with E-state index >= 15 is 0 Å². The maximum atomic E-state index is 11.7. The minimum atomic E-state index is -3.76. The van der Waals surface area contributed by atoms with Crippen LogP contribution in [0.2, 0.25) is 0 Å². The number of aromatic nitrogens is 1. The number of primary sulfonamides is 1. The van der Waals surface area contributed by atoms with E-state index in [4.69, 9.17) is 5.14 Å². The summed E-state index contributed by atoms with van der Waals surface area (Å²) in [6, 6.07) is 14.3. The van der Waals surface area contributed by atoms with Crippen molar-refractivity contribution in [1.29, 1.82) is 0 Å². The zero-order valence-corrected chi connectivity index (χ0v) is 12.6. The molecule has 2 N–H and O–H groups in total. The van der Waals surface area contributed by atoms with Gasteiger partial charge in [-0.25, -0.2) is 18.5 Å². The maximum Gasteiger partial charge on any atom is 0.238 e. The minimum absolute atomic E-state index is 0.126. The summed E-state index contributed by atoms with van der Waals surface area (Å²) < 4.78 is 23.4. The highest BCUT2D eigenvalue weighted by molar-refractivity contribution is 7.89. The minimum Gasteiger partial charge on any atom is -0.245 e. The van der Waals surface area contributed by atoms with Crippen molar-refractivity contribution in [3.8, 4) is 21.7 Å². The SMILES string of the molecule is NS(=O)(=O)c1ccccc1-c1cccc(-c2nccs2)c1. The van der Waals surface area contributed by atoms with Crippen LogP contribution in [0.25, 0.3) is 21.7 Å². The van der Waals surface area contributed by atoms with E-state index in [2.05, 4.69) is 4.98 Å². The molecule has 3 rings (SSSR count). The van der Waals surface area contributed by atoms with Crippen LogP contribution in [0, 0.1) is 0 Å². The van der Waals surface area contributed by atoms with Crippen LogP contribution in [-0.4, -0.2) is 13.4 Å². The summed E-state index contributed by atoms with van der Waals surface area (Å²) in [6.07, 6.45) is 1.74. The Bertz CT molecular complexity index is 872. The van der Waals surface area contributed by atoms with Gasteiger partial charge in [0.15, 0.2) is 0 Å². The highest BCUT2D eigenvalue weighted by Crippen LogP contribution is 2.30. The monoisotopic (exact) mass is 316 g/mol. The number of thiazole rings is 1. The van der Waals surface area contributed by atoms with Gasteiger partial charge in [0.05, 0.1) is 4.90 Å². The molecule has 1 heterocycles. The van der Waals surface area contributed by atoms with Crippen molar-refractivity contribution in [1.82, 2.24) is 4.98 Å². The number of nitrogens with two attached hydrogens (primary N) is 1. The molecule has 0 unspecified atom stereocenters. The molecule has 106 valence electrons. The highest BCUT2D eigenvalue weighted by atomic mass is 32.2. The van der Waals surface area contributed by atoms with E-state index in [-0.39, 0.29) is 4.90 Å². The number of rotatable bonds is 3. The van der Waals surface area contributed by atoms with Gasteiger partial charge in [0.25, 0.3) is 0 Å². The molecular formula is C15H12N2O2S2. The first kappa shape index (κ1) is 13.9. The smallest absolute Gasteiger partial charge is 0.238 e.